The highest BCUT2D eigenvalue weighted by Gasteiger charge is 2.28. The number of hydrogen-bond donors (Lipinski definition) is 1. The van der Waals surface area contributed by atoms with E-state index in [9.17, 15) is 14.0 Å². The minimum Gasteiger partial charge on any atom is -0.355 e. The smallest absolute Gasteiger partial charge is 0.242 e. The van der Waals surface area contributed by atoms with Gasteiger partial charge in [0.05, 0.1) is 15.8 Å². The van der Waals surface area contributed by atoms with Crippen LogP contribution < -0.4 is 5.32 Å². The zero-order chi connectivity index (χ0) is 23.0. The Kier molecular flexibility index (Phi) is 10.4. The van der Waals surface area contributed by atoms with Crippen LogP contribution in [0.1, 0.15) is 31.4 Å². The number of thioether (sulfide) groups is 1. The van der Waals surface area contributed by atoms with Gasteiger partial charge in [0.15, 0.2) is 0 Å². The summed E-state index contributed by atoms with van der Waals surface area (Å²) < 4.78 is 14.0. The van der Waals surface area contributed by atoms with E-state index in [1.54, 1.807) is 24.3 Å². The Morgan fingerprint density at radius 1 is 1.10 bits per heavy atom. The summed E-state index contributed by atoms with van der Waals surface area (Å²) in [6, 6.07) is 8.95. The van der Waals surface area contributed by atoms with Gasteiger partial charge in [-0.05, 0) is 43.2 Å². The van der Waals surface area contributed by atoms with Crippen LogP contribution in [0.4, 0.5) is 4.39 Å². The van der Waals surface area contributed by atoms with Crippen LogP contribution in [0.5, 0.6) is 0 Å². The maximum Gasteiger partial charge on any atom is 0.242 e. The van der Waals surface area contributed by atoms with Crippen LogP contribution in [0.15, 0.2) is 36.4 Å². The number of nitrogens with one attached hydrogen (secondary N) is 1. The molecule has 2 rings (SSSR count). The number of hydrogen-bond acceptors (Lipinski definition) is 3. The van der Waals surface area contributed by atoms with E-state index in [1.165, 1.54) is 28.8 Å². The molecule has 0 heterocycles. The molecule has 0 radical (unpaired) electrons. The van der Waals surface area contributed by atoms with E-state index < -0.39 is 11.9 Å². The number of carbonyl (C=O) groups is 2. The third-order valence-electron chi connectivity index (χ3n) is 4.61. The molecule has 2 amide bonds. The largest absolute Gasteiger partial charge is 0.355 e. The van der Waals surface area contributed by atoms with Crippen LogP contribution in [-0.4, -0.2) is 35.1 Å². The summed E-state index contributed by atoms with van der Waals surface area (Å²) in [6.45, 7) is 4.34. The first-order valence-corrected chi connectivity index (χ1v) is 12.1. The zero-order valence-corrected chi connectivity index (χ0v) is 20.3. The molecule has 4 nitrogen and oxygen atoms in total. The SMILES string of the molecule is CCNC(=O)C(CC)N(Cc1ccc(Cl)c(Cl)c1)C(=O)CSCc1c(F)cccc1Cl. The molecular weight excluding hydrogens is 482 g/mol. The molecule has 0 aromatic heterocycles. The average Bonchev–Trinajstić information content (AvgIpc) is 2.72. The van der Waals surface area contributed by atoms with Crippen LogP contribution in [0.3, 0.4) is 0 Å². The third kappa shape index (κ3) is 7.28. The predicted octanol–water partition coefficient (Wildman–Crippen LogP) is 5.96. The Bertz CT molecular complexity index is 909. The van der Waals surface area contributed by atoms with Gasteiger partial charge in [-0.1, -0.05) is 53.9 Å². The number of halogens is 4. The zero-order valence-electron chi connectivity index (χ0n) is 17.3. The van der Waals surface area contributed by atoms with E-state index in [4.69, 9.17) is 34.8 Å². The fraction of sp³-hybridized carbons (Fsp3) is 0.364. The number of nitrogens with zero attached hydrogens (tertiary/aromatic N) is 1. The summed E-state index contributed by atoms with van der Waals surface area (Å²) in [5, 5.41) is 3.89. The van der Waals surface area contributed by atoms with Crippen molar-refractivity contribution < 1.29 is 14.0 Å². The molecule has 1 atom stereocenters. The van der Waals surface area contributed by atoms with Crippen LogP contribution in [0.25, 0.3) is 0 Å². The Morgan fingerprint density at radius 3 is 2.45 bits per heavy atom. The summed E-state index contributed by atoms with van der Waals surface area (Å²) in [5.41, 5.74) is 1.11. The highest BCUT2D eigenvalue weighted by atomic mass is 35.5. The lowest BCUT2D eigenvalue weighted by molar-refractivity contribution is -0.139. The molecule has 168 valence electrons. The van der Waals surface area contributed by atoms with Crippen molar-refractivity contribution in [1.82, 2.24) is 10.2 Å². The second-order valence-electron chi connectivity index (χ2n) is 6.78. The van der Waals surface area contributed by atoms with Crippen molar-refractivity contribution in [3.8, 4) is 0 Å². The van der Waals surface area contributed by atoms with Crippen molar-refractivity contribution in [3.05, 3.63) is 68.4 Å². The lowest BCUT2D eigenvalue weighted by Gasteiger charge is -2.30. The second kappa shape index (κ2) is 12.5. The highest BCUT2D eigenvalue weighted by molar-refractivity contribution is 7.99. The quantitative estimate of drug-likeness (QED) is 0.433. The Balaban J connectivity index is 2.18. The van der Waals surface area contributed by atoms with E-state index in [2.05, 4.69) is 5.32 Å². The molecule has 0 aliphatic rings. The van der Waals surface area contributed by atoms with Crippen molar-refractivity contribution in [3.63, 3.8) is 0 Å². The fourth-order valence-electron chi connectivity index (χ4n) is 3.04. The standard InChI is InChI=1S/C22H24Cl3FN2O2S/c1-3-20(22(30)27-4-2)28(11-14-8-9-17(24)18(25)10-14)21(29)13-31-12-15-16(23)6-5-7-19(15)26/h5-10,20H,3-4,11-13H2,1-2H3,(H,27,30). The molecule has 0 fully saturated rings. The number of rotatable bonds is 10. The highest BCUT2D eigenvalue weighted by Crippen LogP contribution is 2.26. The van der Waals surface area contributed by atoms with Crippen molar-refractivity contribution in [2.45, 2.75) is 38.6 Å². The van der Waals surface area contributed by atoms with Gasteiger partial charge in [0, 0.05) is 29.4 Å². The molecule has 1 N–H and O–H groups in total. The molecular formula is C22H24Cl3FN2O2S. The monoisotopic (exact) mass is 504 g/mol. The Hall–Kier alpha value is -1.47. The molecule has 2 aromatic carbocycles. The number of likely N-dealkylation sites (N-methyl/N-ethyl adjacent to an activating group) is 1. The first-order chi connectivity index (χ1) is 14.8. The molecule has 1 unspecified atom stereocenters. The summed E-state index contributed by atoms with van der Waals surface area (Å²) in [6.07, 6.45) is 0.447. The Labute approximate surface area is 201 Å². The molecule has 0 saturated heterocycles. The molecule has 0 aliphatic carbocycles. The van der Waals surface area contributed by atoms with Gasteiger partial charge in [0.25, 0.3) is 0 Å². The Morgan fingerprint density at radius 2 is 1.84 bits per heavy atom. The van der Waals surface area contributed by atoms with Gasteiger partial charge in [0.1, 0.15) is 11.9 Å². The van der Waals surface area contributed by atoms with Crippen LogP contribution in [0.2, 0.25) is 15.1 Å². The number of amides is 2. The maximum absolute atomic E-state index is 14.0. The van der Waals surface area contributed by atoms with Crippen LogP contribution in [0, 0.1) is 5.82 Å². The van der Waals surface area contributed by atoms with Crippen molar-refractivity contribution in [2.75, 3.05) is 12.3 Å². The van der Waals surface area contributed by atoms with Gasteiger partial charge in [-0.25, -0.2) is 4.39 Å². The first-order valence-electron chi connectivity index (χ1n) is 9.80. The van der Waals surface area contributed by atoms with Crippen LogP contribution >= 0.6 is 46.6 Å². The maximum atomic E-state index is 14.0. The van der Waals surface area contributed by atoms with Gasteiger partial charge >= 0.3 is 0 Å². The molecule has 0 spiro atoms. The van der Waals surface area contributed by atoms with Gasteiger partial charge in [-0.2, -0.15) is 0 Å². The molecule has 0 aliphatic heterocycles. The molecule has 0 bridgehead atoms. The van der Waals surface area contributed by atoms with E-state index in [0.29, 0.717) is 33.6 Å². The average molecular weight is 506 g/mol. The summed E-state index contributed by atoms with van der Waals surface area (Å²) in [7, 11) is 0. The van der Waals surface area contributed by atoms with E-state index in [1.807, 2.05) is 13.8 Å². The topological polar surface area (TPSA) is 49.4 Å². The fourth-order valence-corrected chi connectivity index (χ4v) is 4.61. The lowest BCUT2D eigenvalue weighted by atomic mass is 10.1. The van der Waals surface area contributed by atoms with Crippen molar-refractivity contribution >= 4 is 58.4 Å². The minimum atomic E-state index is -0.639. The number of benzene rings is 2. The van der Waals surface area contributed by atoms with Crippen molar-refractivity contribution in [2.24, 2.45) is 0 Å². The van der Waals surface area contributed by atoms with Gasteiger partial charge < -0.3 is 10.2 Å². The third-order valence-corrected chi connectivity index (χ3v) is 6.64. The summed E-state index contributed by atoms with van der Waals surface area (Å²) in [4.78, 5) is 27.2. The summed E-state index contributed by atoms with van der Waals surface area (Å²) >= 11 is 19.4. The number of carbonyl (C=O) groups excluding carboxylic acids is 2. The summed E-state index contributed by atoms with van der Waals surface area (Å²) in [5.74, 6) is -0.548. The lowest BCUT2D eigenvalue weighted by Crippen LogP contribution is -2.49. The van der Waals surface area contributed by atoms with Crippen molar-refractivity contribution in [1.29, 1.82) is 0 Å². The minimum absolute atomic E-state index is 0.0713. The predicted molar refractivity (Wildman–Crippen MR) is 127 cm³/mol. The van der Waals surface area contributed by atoms with Gasteiger partial charge in [0.2, 0.25) is 11.8 Å². The van der Waals surface area contributed by atoms with Gasteiger partial charge in [-0.3, -0.25) is 9.59 Å². The molecule has 2 aromatic rings. The van der Waals surface area contributed by atoms with E-state index >= 15 is 0 Å². The van der Waals surface area contributed by atoms with E-state index in [0.717, 1.165) is 5.56 Å². The van der Waals surface area contributed by atoms with E-state index in [-0.39, 0.29) is 29.9 Å². The normalized spacial score (nSPS) is 11.8. The molecule has 31 heavy (non-hydrogen) atoms. The molecule has 0 saturated carbocycles. The van der Waals surface area contributed by atoms with Crippen LogP contribution in [-0.2, 0) is 21.9 Å². The molecule has 9 heteroatoms. The first kappa shape index (κ1) is 25.8. The van der Waals surface area contributed by atoms with Gasteiger partial charge in [-0.15, -0.1) is 11.8 Å². The second-order valence-corrected chi connectivity index (χ2v) is 8.99.